The first-order valence-electron chi connectivity index (χ1n) is 5.52. The Bertz CT molecular complexity index is 616. The van der Waals surface area contributed by atoms with E-state index in [-0.39, 0.29) is 5.91 Å². The molecule has 19 heavy (non-hydrogen) atoms. The van der Waals surface area contributed by atoms with Gasteiger partial charge in [0, 0.05) is 16.0 Å². The lowest BCUT2D eigenvalue weighted by molar-refractivity contribution is 0.102. The van der Waals surface area contributed by atoms with E-state index in [1.807, 2.05) is 24.3 Å². The van der Waals surface area contributed by atoms with E-state index in [4.69, 9.17) is 23.2 Å². The molecule has 0 aromatic heterocycles. The Hall–Kier alpha value is -1.03. The second-order valence-electron chi connectivity index (χ2n) is 3.87. The van der Waals surface area contributed by atoms with E-state index in [1.54, 1.807) is 18.2 Å². The van der Waals surface area contributed by atoms with Crippen LogP contribution in [-0.2, 0) is 5.88 Å². The van der Waals surface area contributed by atoms with Crippen LogP contribution in [0.1, 0.15) is 15.9 Å². The molecule has 98 valence electrons. The topological polar surface area (TPSA) is 29.1 Å². The fourth-order valence-electron chi connectivity index (χ4n) is 1.62. The van der Waals surface area contributed by atoms with Crippen LogP contribution in [-0.4, -0.2) is 5.91 Å². The standard InChI is InChI=1S/C14H10BrCl2NO/c15-10-5-6-11(12(17)7-10)14(19)18-13-4-2-1-3-9(13)8-16/h1-7H,8H2,(H,18,19). The maximum Gasteiger partial charge on any atom is 0.257 e. The van der Waals surface area contributed by atoms with E-state index < -0.39 is 0 Å². The summed E-state index contributed by atoms with van der Waals surface area (Å²) in [6.07, 6.45) is 0. The minimum atomic E-state index is -0.255. The van der Waals surface area contributed by atoms with Gasteiger partial charge in [-0.1, -0.05) is 45.7 Å². The quantitative estimate of drug-likeness (QED) is 0.760. The van der Waals surface area contributed by atoms with Crippen molar-refractivity contribution in [3.63, 3.8) is 0 Å². The highest BCUT2D eigenvalue weighted by Gasteiger charge is 2.12. The van der Waals surface area contributed by atoms with Crippen molar-refractivity contribution in [2.75, 3.05) is 5.32 Å². The number of carbonyl (C=O) groups excluding carboxylic acids is 1. The van der Waals surface area contributed by atoms with Gasteiger partial charge in [0.1, 0.15) is 0 Å². The van der Waals surface area contributed by atoms with Crippen molar-refractivity contribution in [1.29, 1.82) is 0 Å². The van der Waals surface area contributed by atoms with Gasteiger partial charge in [-0.15, -0.1) is 11.6 Å². The number of hydrogen-bond donors (Lipinski definition) is 1. The Morgan fingerprint density at radius 1 is 1.21 bits per heavy atom. The molecule has 0 heterocycles. The van der Waals surface area contributed by atoms with Crippen LogP contribution >= 0.6 is 39.1 Å². The molecule has 0 aliphatic rings. The predicted octanol–water partition coefficient (Wildman–Crippen LogP) is 5.09. The normalized spacial score (nSPS) is 10.3. The molecular weight excluding hydrogens is 349 g/mol. The highest BCUT2D eigenvalue weighted by atomic mass is 79.9. The first-order valence-corrected chi connectivity index (χ1v) is 7.22. The lowest BCUT2D eigenvalue weighted by atomic mass is 10.1. The first-order chi connectivity index (χ1) is 9.11. The number of halogens is 3. The van der Waals surface area contributed by atoms with Gasteiger partial charge in [0.25, 0.3) is 5.91 Å². The van der Waals surface area contributed by atoms with Gasteiger partial charge in [-0.2, -0.15) is 0 Å². The predicted molar refractivity (Wildman–Crippen MR) is 83.1 cm³/mol. The number of para-hydroxylation sites is 1. The first kappa shape index (κ1) is 14.4. The molecule has 0 aliphatic heterocycles. The van der Waals surface area contributed by atoms with Crippen LogP contribution in [0, 0.1) is 0 Å². The Morgan fingerprint density at radius 2 is 1.95 bits per heavy atom. The molecule has 0 spiro atoms. The van der Waals surface area contributed by atoms with Crippen LogP contribution in [0.3, 0.4) is 0 Å². The van der Waals surface area contributed by atoms with Crippen molar-refractivity contribution >= 4 is 50.7 Å². The molecule has 0 fully saturated rings. The summed E-state index contributed by atoms with van der Waals surface area (Å²) in [4.78, 5) is 12.2. The summed E-state index contributed by atoms with van der Waals surface area (Å²) < 4.78 is 0.829. The van der Waals surface area contributed by atoms with E-state index in [0.717, 1.165) is 10.0 Å². The smallest absolute Gasteiger partial charge is 0.257 e. The summed E-state index contributed by atoms with van der Waals surface area (Å²) in [5, 5.41) is 3.21. The Morgan fingerprint density at radius 3 is 2.63 bits per heavy atom. The molecule has 0 saturated carbocycles. The number of alkyl halides is 1. The summed E-state index contributed by atoms with van der Waals surface area (Å²) in [5.41, 5.74) is 1.99. The number of anilines is 1. The van der Waals surface area contributed by atoms with E-state index >= 15 is 0 Å². The van der Waals surface area contributed by atoms with Crippen molar-refractivity contribution in [2.24, 2.45) is 0 Å². The van der Waals surface area contributed by atoms with E-state index in [1.165, 1.54) is 0 Å². The summed E-state index contributed by atoms with van der Waals surface area (Å²) in [6.45, 7) is 0. The van der Waals surface area contributed by atoms with Crippen molar-refractivity contribution in [3.8, 4) is 0 Å². The maximum atomic E-state index is 12.2. The minimum absolute atomic E-state index is 0.255. The third kappa shape index (κ3) is 3.50. The zero-order valence-electron chi connectivity index (χ0n) is 9.79. The molecule has 2 aromatic carbocycles. The lowest BCUT2D eigenvalue weighted by Gasteiger charge is -2.10. The van der Waals surface area contributed by atoms with Crippen molar-refractivity contribution in [3.05, 3.63) is 63.1 Å². The molecule has 0 bridgehead atoms. The van der Waals surface area contributed by atoms with Gasteiger partial charge in [0.15, 0.2) is 0 Å². The second kappa shape index (κ2) is 6.42. The zero-order valence-corrected chi connectivity index (χ0v) is 12.9. The minimum Gasteiger partial charge on any atom is -0.322 e. The van der Waals surface area contributed by atoms with E-state index in [0.29, 0.717) is 22.2 Å². The number of carbonyl (C=O) groups is 1. The molecule has 0 unspecified atom stereocenters. The number of rotatable bonds is 3. The largest absolute Gasteiger partial charge is 0.322 e. The molecule has 0 aliphatic carbocycles. The van der Waals surface area contributed by atoms with Crippen LogP contribution < -0.4 is 5.32 Å². The van der Waals surface area contributed by atoms with Gasteiger partial charge in [0.2, 0.25) is 0 Å². The third-order valence-electron chi connectivity index (χ3n) is 2.59. The number of benzene rings is 2. The highest BCUT2D eigenvalue weighted by molar-refractivity contribution is 9.10. The van der Waals surface area contributed by atoms with E-state index in [9.17, 15) is 4.79 Å². The molecule has 1 amide bonds. The van der Waals surface area contributed by atoms with Crippen LogP contribution in [0.4, 0.5) is 5.69 Å². The Balaban J connectivity index is 2.26. The number of hydrogen-bond acceptors (Lipinski definition) is 1. The second-order valence-corrected chi connectivity index (χ2v) is 5.46. The maximum absolute atomic E-state index is 12.2. The molecule has 0 atom stereocenters. The monoisotopic (exact) mass is 357 g/mol. The highest BCUT2D eigenvalue weighted by Crippen LogP contribution is 2.23. The van der Waals surface area contributed by atoms with Crippen LogP contribution in [0.15, 0.2) is 46.9 Å². The van der Waals surface area contributed by atoms with Gasteiger partial charge >= 0.3 is 0 Å². The SMILES string of the molecule is O=C(Nc1ccccc1CCl)c1ccc(Br)cc1Cl. The Kier molecular flexibility index (Phi) is 4.86. The fraction of sp³-hybridized carbons (Fsp3) is 0.0714. The Labute approximate surface area is 129 Å². The van der Waals surface area contributed by atoms with Gasteiger partial charge in [-0.25, -0.2) is 0 Å². The number of nitrogens with one attached hydrogen (secondary N) is 1. The van der Waals surface area contributed by atoms with Crippen molar-refractivity contribution < 1.29 is 4.79 Å². The van der Waals surface area contributed by atoms with Crippen LogP contribution in [0.2, 0.25) is 5.02 Å². The molecule has 0 radical (unpaired) electrons. The average Bonchev–Trinajstić information content (AvgIpc) is 2.39. The summed E-state index contributed by atoms with van der Waals surface area (Å²) >= 11 is 15.2. The van der Waals surface area contributed by atoms with Gasteiger partial charge in [-0.3, -0.25) is 4.79 Å². The molecular formula is C14H10BrCl2NO. The number of amides is 1. The lowest BCUT2D eigenvalue weighted by Crippen LogP contribution is -2.13. The average molecular weight is 359 g/mol. The fourth-order valence-corrected chi connectivity index (χ4v) is 2.61. The van der Waals surface area contributed by atoms with Gasteiger partial charge < -0.3 is 5.32 Å². The molecule has 5 heteroatoms. The molecule has 2 nitrogen and oxygen atoms in total. The van der Waals surface area contributed by atoms with Crippen LogP contribution in [0.5, 0.6) is 0 Å². The third-order valence-corrected chi connectivity index (χ3v) is 3.68. The van der Waals surface area contributed by atoms with Crippen LogP contribution in [0.25, 0.3) is 0 Å². The molecule has 2 rings (SSSR count). The summed E-state index contributed by atoms with van der Waals surface area (Å²) in [7, 11) is 0. The molecule has 1 N–H and O–H groups in total. The van der Waals surface area contributed by atoms with Crippen molar-refractivity contribution in [1.82, 2.24) is 0 Å². The van der Waals surface area contributed by atoms with Gasteiger partial charge in [-0.05, 0) is 29.8 Å². The zero-order chi connectivity index (χ0) is 13.8. The molecule has 0 saturated heterocycles. The van der Waals surface area contributed by atoms with Gasteiger partial charge in [0.05, 0.1) is 10.6 Å². The summed E-state index contributed by atoms with van der Waals surface area (Å²) in [6, 6.07) is 12.5. The molecule has 2 aromatic rings. The van der Waals surface area contributed by atoms with Crippen molar-refractivity contribution in [2.45, 2.75) is 5.88 Å². The summed E-state index contributed by atoms with van der Waals surface area (Å²) in [5.74, 6) is 0.0833. The van der Waals surface area contributed by atoms with E-state index in [2.05, 4.69) is 21.2 Å².